The zero-order chi connectivity index (χ0) is 11.2. The van der Waals surface area contributed by atoms with Gasteiger partial charge in [-0.05, 0) is 44.9 Å². The van der Waals surface area contributed by atoms with Gasteiger partial charge >= 0.3 is 5.97 Å². The second kappa shape index (κ2) is 3.23. The van der Waals surface area contributed by atoms with Gasteiger partial charge in [-0.15, -0.1) is 0 Å². The number of rotatable bonds is 0. The Hall–Kier alpha value is -1.57. The number of carbonyl (C=O) groups is 1. The third-order valence-electron chi connectivity index (χ3n) is 2.60. The molecule has 2 heteroatoms. The summed E-state index contributed by atoms with van der Waals surface area (Å²) in [5.41, 5.74) is 4.92. The summed E-state index contributed by atoms with van der Waals surface area (Å²) in [7, 11) is 0. The van der Waals surface area contributed by atoms with Crippen molar-refractivity contribution in [1.29, 1.82) is 0 Å². The molecule has 0 amide bonds. The van der Waals surface area contributed by atoms with Gasteiger partial charge in [0, 0.05) is 5.56 Å². The van der Waals surface area contributed by atoms with Crippen LogP contribution in [0.2, 0.25) is 0 Å². The highest BCUT2D eigenvalue weighted by Gasteiger charge is 2.29. The normalized spacial score (nSPS) is 13.9. The SMILES string of the molecule is CC(C)=C1C(=O)Oc2cc(C)cc(C)c21. The van der Waals surface area contributed by atoms with E-state index >= 15 is 0 Å². The molecule has 0 saturated carbocycles. The molecular formula is C13H14O2. The molecule has 1 aromatic rings. The van der Waals surface area contributed by atoms with Crippen LogP contribution in [0.25, 0.3) is 5.57 Å². The first-order chi connectivity index (χ1) is 7.00. The number of ether oxygens (including phenoxy) is 1. The third kappa shape index (κ3) is 1.46. The first kappa shape index (κ1) is 9.97. The Morgan fingerprint density at radius 2 is 1.87 bits per heavy atom. The van der Waals surface area contributed by atoms with Crippen LogP contribution in [0.5, 0.6) is 5.75 Å². The molecule has 0 N–H and O–H groups in total. The number of esters is 1. The summed E-state index contributed by atoms with van der Waals surface area (Å²) in [5, 5.41) is 0. The molecule has 0 spiro atoms. The summed E-state index contributed by atoms with van der Waals surface area (Å²) in [5.74, 6) is 0.479. The van der Waals surface area contributed by atoms with E-state index in [2.05, 4.69) is 6.07 Å². The number of allylic oxidation sites excluding steroid dienone is 1. The summed E-state index contributed by atoms with van der Waals surface area (Å²) < 4.78 is 5.25. The van der Waals surface area contributed by atoms with Crippen LogP contribution in [0, 0.1) is 13.8 Å². The molecule has 0 aromatic heterocycles. The second-order valence-corrected chi connectivity index (χ2v) is 4.22. The number of benzene rings is 1. The van der Waals surface area contributed by atoms with Crippen molar-refractivity contribution in [3.63, 3.8) is 0 Å². The average Bonchev–Trinajstić information content (AvgIpc) is 2.40. The molecular weight excluding hydrogens is 188 g/mol. The highest BCUT2D eigenvalue weighted by Crippen LogP contribution is 2.38. The molecule has 1 heterocycles. The molecule has 0 saturated heterocycles. The van der Waals surface area contributed by atoms with Crippen LogP contribution in [-0.4, -0.2) is 5.97 Å². The van der Waals surface area contributed by atoms with E-state index in [1.807, 2.05) is 33.8 Å². The van der Waals surface area contributed by atoms with Crippen molar-refractivity contribution in [3.8, 4) is 5.75 Å². The molecule has 1 aliphatic heterocycles. The van der Waals surface area contributed by atoms with Crippen LogP contribution in [0.1, 0.15) is 30.5 Å². The second-order valence-electron chi connectivity index (χ2n) is 4.22. The summed E-state index contributed by atoms with van der Waals surface area (Å²) in [4.78, 5) is 11.7. The van der Waals surface area contributed by atoms with E-state index in [1.165, 1.54) is 0 Å². The Morgan fingerprint density at radius 3 is 2.47 bits per heavy atom. The van der Waals surface area contributed by atoms with Crippen molar-refractivity contribution in [1.82, 2.24) is 0 Å². The van der Waals surface area contributed by atoms with Crippen LogP contribution in [0.3, 0.4) is 0 Å². The molecule has 2 rings (SSSR count). The van der Waals surface area contributed by atoms with Crippen molar-refractivity contribution < 1.29 is 9.53 Å². The van der Waals surface area contributed by atoms with Gasteiger partial charge in [-0.25, -0.2) is 4.79 Å². The van der Waals surface area contributed by atoms with Crippen LogP contribution in [-0.2, 0) is 4.79 Å². The van der Waals surface area contributed by atoms with Gasteiger partial charge in [0.1, 0.15) is 5.75 Å². The largest absolute Gasteiger partial charge is 0.422 e. The number of fused-ring (bicyclic) bond motifs is 1. The standard InChI is InChI=1S/C13H14O2/c1-7(2)11-12-9(4)5-8(3)6-10(12)15-13(11)14/h5-6H,1-4H3. The average molecular weight is 202 g/mol. The van der Waals surface area contributed by atoms with E-state index < -0.39 is 0 Å². The van der Waals surface area contributed by atoms with E-state index in [1.54, 1.807) is 0 Å². The van der Waals surface area contributed by atoms with Gasteiger partial charge in [-0.1, -0.05) is 11.6 Å². The van der Waals surface area contributed by atoms with E-state index in [0.717, 1.165) is 27.8 Å². The lowest BCUT2D eigenvalue weighted by molar-refractivity contribution is -0.127. The number of carbonyl (C=O) groups excluding carboxylic acids is 1. The molecule has 0 bridgehead atoms. The molecule has 15 heavy (non-hydrogen) atoms. The minimum absolute atomic E-state index is 0.223. The first-order valence-electron chi connectivity index (χ1n) is 5.02. The van der Waals surface area contributed by atoms with Crippen molar-refractivity contribution in [3.05, 3.63) is 34.4 Å². The van der Waals surface area contributed by atoms with E-state index in [9.17, 15) is 4.79 Å². The van der Waals surface area contributed by atoms with Gasteiger partial charge in [-0.2, -0.15) is 0 Å². The summed E-state index contributed by atoms with van der Waals surface area (Å²) in [6, 6.07) is 3.99. The predicted molar refractivity (Wildman–Crippen MR) is 59.8 cm³/mol. The fourth-order valence-electron chi connectivity index (χ4n) is 2.04. The van der Waals surface area contributed by atoms with Gasteiger partial charge in [0.15, 0.2) is 0 Å². The van der Waals surface area contributed by atoms with E-state index in [4.69, 9.17) is 4.74 Å². The zero-order valence-corrected chi connectivity index (χ0v) is 9.47. The number of aryl methyl sites for hydroxylation is 2. The van der Waals surface area contributed by atoms with Crippen LogP contribution < -0.4 is 4.74 Å². The maximum absolute atomic E-state index is 11.7. The fourth-order valence-corrected chi connectivity index (χ4v) is 2.04. The lowest BCUT2D eigenvalue weighted by atomic mass is 9.97. The van der Waals surface area contributed by atoms with E-state index in [-0.39, 0.29) is 5.97 Å². The van der Waals surface area contributed by atoms with Gasteiger partial charge in [0.25, 0.3) is 0 Å². The quantitative estimate of drug-likeness (QED) is 0.367. The lowest BCUT2D eigenvalue weighted by Gasteiger charge is -2.04. The summed E-state index contributed by atoms with van der Waals surface area (Å²) in [6.45, 7) is 7.88. The summed E-state index contributed by atoms with van der Waals surface area (Å²) in [6.07, 6.45) is 0. The minimum Gasteiger partial charge on any atom is -0.422 e. The van der Waals surface area contributed by atoms with Gasteiger partial charge in [-0.3, -0.25) is 0 Å². The van der Waals surface area contributed by atoms with E-state index in [0.29, 0.717) is 5.75 Å². The number of hydrogen-bond acceptors (Lipinski definition) is 2. The van der Waals surface area contributed by atoms with Gasteiger partial charge in [0.05, 0.1) is 5.57 Å². The Balaban J connectivity index is 2.75. The molecule has 2 nitrogen and oxygen atoms in total. The van der Waals surface area contributed by atoms with Crippen molar-refractivity contribution in [2.75, 3.05) is 0 Å². The molecule has 0 fully saturated rings. The molecule has 0 unspecified atom stereocenters. The van der Waals surface area contributed by atoms with Crippen LogP contribution in [0.4, 0.5) is 0 Å². The Kier molecular flexibility index (Phi) is 2.14. The highest BCUT2D eigenvalue weighted by atomic mass is 16.5. The third-order valence-corrected chi connectivity index (χ3v) is 2.60. The smallest absolute Gasteiger partial charge is 0.344 e. The topological polar surface area (TPSA) is 26.3 Å². The minimum atomic E-state index is -0.223. The van der Waals surface area contributed by atoms with Gasteiger partial charge in [0.2, 0.25) is 0 Å². The molecule has 1 aromatic carbocycles. The van der Waals surface area contributed by atoms with Crippen LogP contribution >= 0.6 is 0 Å². The molecule has 0 atom stereocenters. The Labute approximate surface area is 89.6 Å². The monoisotopic (exact) mass is 202 g/mol. The maximum atomic E-state index is 11.7. The predicted octanol–water partition coefficient (Wildman–Crippen LogP) is 3.02. The van der Waals surface area contributed by atoms with Gasteiger partial charge < -0.3 is 4.74 Å². The van der Waals surface area contributed by atoms with Crippen molar-refractivity contribution in [2.45, 2.75) is 27.7 Å². The number of hydrogen-bond donors (Lipinski definition) is 0. The lowest BCUT2D eigenvalue weighted by Crippen LogP contribution is -2.01. The molecule has 0 aliphatic carbocycles. The Morgan fingerprint density at radius 1 is 1.20 bits per heavy atom. The maximum Gasteiger partial charge on any atom is 0.344 e. The fraction of sp³-hybridized carbons (Fsp3) is 0.308. The molecule has 78 valence electrons. The summed E-state index contributed by atoms with van der Waals surface area (Å²) >= 11 is 0. The molecule has 0 radical (unpaired) electrons. The first-order valence-corrected chi connectivity index (χ1v) is 5.02. The Bertz CT molecular complexity index is 478. The highest BCUT2D eigenvalue weighted by molar-refractivity contribution is 6.22. The zero-order valence-electron chi connectivity index (χ0n) is 9.47. The van der Waals surface area contributed by atoms with Crippen LogP contribution in [0.15, 0.2) is 17.7 Å². The van der Waals surface area contributed by atoms with Crippen molar-refractivity contribution >= 4 is 11.5 Å². The molecule has 1 aliphatic rings. The van der Waals surface area contributed by atoms with Crippen molar-refractivity contribution in [2.24, 2.45) is 0 Å².